The van der Waals surface area contributed by atoms with Crippen LogP contribution in [0.5, 0.6) is 0 Å². The minimum Gasteiger partial charge on any atom is -0.368 e. The molecule has 1 unspecified atom stereocenters. The smallest absolute Gasteiger partial charge is 0.157 e. The fraction of sp³-hybridized carbons (Fsp3) is 0.455. The Kier molecular flexibility index (Phi) is 3.29. The first-order valence-electron chi connectivity index (χ1n) is 5.39. The van der Waals surface area contributed by atoms with Crippen molar-refractivity contribution in [1.82, 2.24) is 14.6 Å². The van der Waals surface area contributed by atoms with Crippen LogP contribution in [-0.4, -0.2) is 26.5 Å². The molecule has 0 saturated heterocycles. The van der Waals surface area contributed by atoms with E-state index in [2.05, 4.69) is 22.3 Å². The molecule has 0 aliphatic heterocycles. The number of aromatic nitrogens is 3. The van der Waals surface area contributed by atoms with E-state index in [0.717, 1.165) is 30.0 Å². The monoisotopic (exact) mass is 238 g/mol. The number of halogens is 1. The van der Waals surface area contributed by atoms with Crippen LogP contribution in [0.4, 0.5) is 5.82 Å². The summed E-state index contributed by atoms with van der Waals surface area (Å²) in [5, 5.41) is 7.60. The van der Waals surface area contributed by atoms with Gasteiger partial charge in [0.05, 0.1) is 5.38 Å². The van der Waals surface area contributed by atoms with Gasteiger partial charge in [-0.15, -0.1) is 11.6 Å². The van der Waals surface area contributed by atoms with E-state index in [4.69, 9.17) is 11.6 Å². The average molecular weight is 239 g/mol. The maximum absolute atomic E-state index is 6.07. The van der Waals surface area contributed by atoms with Crippen molar-refractivity contribution >= 4 is 23.1 Å². The summed E-state index contributed by atoms with van der Waals surface area (Å²) in [6.45, 7) is 4.84. The number of hydrogen-bond acceptors (Lipinski definition) is 3. The van der Waals surface area contributed by atoms with Gasteiger partial charge < -0.3 is 5.32 Å². The summed E-state index contributed by atoms with van der Waals surface area (Å²) in [5.74, 6) is 0.937. The summed E-state index contributed by atoms with van der Waals surface area (Å²) in [6.07, 6.45) is 2.50. The number of rotatable bonds is 4. The van der Waals surface area contributed by atoms with Crippen LogP contribution in [0.1, 0.15) is 18.9 Å². The number of alkyl halides is 1. The Morgan fingerprint density at radius 3 is 3.06 bits per heavy atom. The molecule has 0 fully saturated rings. The average Bonchev–Trinajstić information content (AvgIpc) is 2.73. The predicted molar refractivity (Wildman–Crippen MR) is 66.1 cm³/mol. The molecular formula is C11H15ClN4. The van der Waals surface area contributed by atoms with Crippen molar-refractivity contribution in [3.05, 3.63) is 24.0 Å². The van der Waals surface area contributed by atoms with Crippen LogP contribution in [0.3, 0.4) is 0 Å². The lowest BCUT2D eigenvalue weighted by atomic mass is 10.3. The van der Waals surface area contributed by atoms with Crippen LogP contribution in [0.25, 0.3) is 5.65 Å². The highest BCUT2D eigenvalue weighted by Gasteiger charge is 2.05. The summed E-state index contributed by atoms with van der Waals surface area (Å²) in [4.78, 5) is 4.17. The lowest BCUT2D eigenvalue weighted by molar-refractivity contribution is 0.830. The van der Waals surface area contributed by atoms with Crippen molar-refractivity contribution in [2.45, 2.75) is 25.6 Å². The molecule has 0 saturated carbocycles. The van der Waals surface area contributed by atoms with E-state index < -0.39 is 0 Å². The van der Waals surface area contributed by atoms with Gasteiger partial charge in [0.15, 0.2) is 5.65 Å². The first kappa shape index (κ1) is 11.2. The zero-order chi connectivity index (χ0) is 11.5. The van der Waals surface area contributed by atoms with Gasteiger partial charge in [-0.2, -0.15) is 9.61 Å². The molecule has 86 valence electrons. The second-order valence-corrected chi connectivity index (χ2v) is 4.45. The molecule has 0 bridgehead atoms. The Bertz CT molecular complexity index is 480. The first-order valence-corrected chi connectivity index (χ1v) is 5.82. The van der Waals surface area contributed by atoms with Crippen LogP contribution < -0.4 is 5.32 Å². The van der Waals surface area contributed by atoms with E-state index in [-0.39, 0.29) is 5.38 Å². The molecule has 5 heteroatoms. The molecule has 0 aliphatic rings. The van der Waals surface area contributed by atoms with Gasteiger partial charge in [0.2, 0.25) is 0 Å². The summed E-state index contributed by atoms with van der Waals surface area (Å²) < 4.78 is 1.78. The summed E-state index contributed by atoms with van der Waals surface area (Å²) >= 11 is 6.07. The number of anilines is 1. The molecule has 2 rings (SSSR count). The van der Waals surface area contributed by atoms with Gasteiger partial charge in [-0.05, 0) is 31.0 Å². The Morgan fingerprint density at radius 1 is 1.50 bits per heavy atom. The van der Waals surface area contributed by atoms with E-state index in [0.29, 0.717) is 0 Å². The van der Waals surface area contributed by atoms with Crippen LogP contribution in [-0.2, 0) is 0 Å². The third kappa shape index (κ3) is 2.27. The van der Waals surface area contributed by atoms with Crippen molar-refractivity contribution in [3.63, 3.8) is 0 Å². The van der Waals surface area contributed by atoms with Gasteiger partial charge in [0.1, 0.15) is 12.1 Å². The maximum Gasteiger partial charge on any atom is 0.157 e. The third-order valence-electron chi connectivity index (χ3n) is 2.47. The Balaban J connectivity index is 2.25. The molecule has 2 heterocycles. The van der Waals surface area contributed by atoms with Gasteiger partial charge in [-0.1, -0.05) is 6.92 Å². The second kappa shape index (κ2) is 4.70. The fourth-order valence-electron chi connectivity index (χ4n) is 1.54. The molecule has 4 nitrogen and oxygen atoms in total. The molecule has 0 radical (unpaired) electrons. The highest BCUT2D eigenvalue weighted by molar-refractivity contribution is 6.20. The molecule has 0 aromatic carbocycles. The van der Waals surface area contributed by atoms with E-state index >= 15 is 0 Å². The largest absolute Gasteiger partial charge is 0.368 e. The molecule has 1 atom stereocenters. The van der Waals surface area contributed by atoms with Gasteiger partial charge in [0.25, 0.3) is 0 Å². The normalized spacial score (nSPS) is 12.9. The standard InChI is InChI=1S/C11H15ClN4/c1-3-9(12)6-13-10-4-8(2)5-11-14-7-15-16(10)11/h4-5,7,9,13H,3,6H2,1-2H3. The maximum atomic E-state index is 6.07. The van der Waals surface area contributed by atoms with E-state index in [1.807, 2.05) is 19.1 Å². The molecule has 2 aromatic rings. The lowest BCUT2D eigenvalue weighted by Crippen LogP contribution is -2.15. The van der Waals surface area contributed by atoms with Crippen molar-refractivity contribution in [2.24, 2.45) is 0 Å². The summed E-state index contributed by atoms with van der Waals surface area (Å²) in [5.41, 5.74) is 2.01. The number of pyridine rings is 1. The molecule has 0 spiro atoms. The first-order chi connectivity index (χ1) is 7.70. The van der Waals surface area contributed by atoms with E-state index in [9.17, 15) is 0 Å². The van der Waals surface area contributed by atoms with Crippen LogP contribution in [0.15, 0.2) is 18.5 Å². The number of aryl methyl sites for hydroxylation is 1. The molecule has 0 amide bonds. The minimum absolute atomic E-state index is 0.138. The SMILES string of the molecule is CCC(Cl)CNc1cc(C)cc2ncnn12. The van der Waals surface area contributed by atoms with Crippen molar-refractivity contribution < 1.29 is 0 Å². The van der Waals surface area contributed by atoms with Crippen molar-refractivity contribution in [1.29, 1.82) is 0 Å². The Hall–Kier alpha value is -1.29. The third-order valence-corrected chi connectivity index (χ3v) is 2.93. The topological polar surface area (TPSA) is 42.2 Å². The molecule has 2 aromatic heterocycles. The van der Waals surface area contributed by atoms with E-state index in [1.54, 1.807) is 10.8 Å². The van der Waals surface area contributed by atoms with Gasteiger partial charge >= 0.3 is 0 Å². The van der Waals surface area contributed by atoms with Crippen LogP contribution >= 0.6 is 11.6 Å². The quantitative estimate of drug-likeness (QED) is 0.833. The van der Waals surface area contributed by atoms with Gasteiger partial charge in [-0.3, -0.25) is 0 Å². The Morgan fingerprint density at radius 2 is 2.31 bits per heavy atom. The highest BCUT2D eigenvalue weighted by Crippen LogP contribution is 2.14. The van der Waals surface area contributed by atoms with Gasteiger partial charge in [0, 0.05) is 6.54 Å². The number of hydrogen-bond donors (Lipinski definition) is 1. The van der Waals surface area contributed by atoms with Crippen LogP contribution in [0.2, 0.25) is 0 Å². The van der Waals surface area contributed by atoms with Gasteiger partial charge in [-0.25, -0.2) is 4.98 Å². The summed E-state index contributed by atoms with van der Waals surface area (Å²) in [6, 6.07) is 4.04. The highest BCUT2D eigenvalue weighted by atomic mass is 35.5. The number of nitrogens with zero attached hydrogens (tertiary/aromatic N) is 3. The Labute approximate surface area is 99.6 Å². The number of fused-ring (bicyclic) bond motifs is 1. The molecule has 16 heavy (non-hydrogen) atoms. The fourth-order valence-corrected chi connectivity index (χ4v) is 1.62. The predicted octanol–water partition coefficient (Wildman–Crippen LogP) is 2.47. The van der Waals surface area contributed by atoms with E-state index in [1.165, 1.54) is 0 Å². The molecular weight excluding hydrogens is 224 g/mol. The van der Waals surface area contributed by atoms with Crippen LogP contribution in [0, 0.1) is 6.92 Å². The molecule has 1 N–H and O–H groups in total. The van der Waals surface area contributed by atoms with Crippen molar-refractivity contribution in [2.75, 3.05) is 11.9 Å². The zero-order valence-electron chi connectivity index (χ0n) is 9.44. The second-order valence-electron chi connectivity index (χ2n) is 3.83. The lowest BCUT2D eigenvalue weighted by Gasteiger charge is -2.11. The zero-order valence-corrected chi connectivity index (χ0v) is 10.2. The summed E-state index contributed by atoms with van der Waals surface area (Å²) in [7, 11) is 0. The van der Waals surface area contributed by atoms with Crippen molar-refractivity contribution in [3.8, 4) is 0 Å². The minimum atomic E-state index is 0.138. The molecule has 0 aliphatic carbocycles. The number of nitrogens with one attached hydrogen (secondary N) is 1.